The molecule has 1 aliphatic heterocycles. The topological polar surface area (TPSA) is 45.2 Å². The second-order valence-electron chi connectivity index (χ2n) is 6.65. The van der Waals surface area contributed by atoms with Gasteiger partial charge in [0.25, 0.3) is 0 Å². The number of nitrogens with zero attached hydrogens (tertiary/aromatic N) is 2. The molecule has 0 aromatic carbocycles. The van der Waals surface area contributed by atoms with Crippen molar-refractivity contribution in [2.45, 2.75) is 50.7 Å². The molecule has 0 unspecified atom stereocenters. The maximum atomic E-state index is 12.6. The number of alkyl halides is 3. The zero-order valence-corrected chi connectivity index (χ0v) is 13.5. The highest BCUT2D eigenvalue weighted by Crippen LogP contribution is 2.30. The predicted octanol–water partition coefficient (Wildman–Crippen LogP) is 3.38. The van der Waals surface area contributed by atoms with Crippen LogP contribution in [0.1, 0.15) is 44.1 Å². The fourth-order valence-corrected chi connectivity index (χ4v) is 3.50. The first kappa shape index (κ1) is 17.0. The van der Waals surface area contributed by atoms with E-state index in [1.807, 2.05) is 4.90 Å². The van der Waals surface area contributed by atoms with Crippen LogP contribution < -0.4 is 10.2 Å². The fourth-order valence-electron chi connectivity index (χ4n) is 3.50. The monoisotopic (exact) mass is 341 g/mol. The number of aromatic nitrogens is 1. The molecule has 0 bridgehead atoms. The van der Waals surface area contributed by atoms with Crippen LogP contribution in [0, 0.1) is 5.92 Å². The lowest BCUT2D eigenvalue weighted by molar-refractivity contribution is -0.137. The van der Waals surface area contributed by atoms with Crippen LogP contribution in [-0.2, 0) is 11.0 Å². The molecular formula is C17H22F3N3O. The van der Waals surface area contributed by atoms with Crippen LogP contribution in [0.15, 0.2) is 18.3 Å². The molecular weight excluding hydrogens is 319 g/mol. The molecule has 2 fully saturated rings. The highest BCUT2D eigenvalue weighted by molar-refractivity contribution is 5.79. The SMILES string of the molecule is O=C(NC1CCN(c2ccc(C(F)(F)F)cn2)CC1)C1CCCC1. The van der Waals surface area contributed by atoms with Crippen molar-refractivity contribution >= 4 is 11.7 Å². The summed E-state index contributed by atoms with van der Waals surface area (Å²) >= 11 is 0. The van der Waals surface area contributed by atoms with E-state index in [9.17, 15) is 18.0 Å². The van der Waals surface area contributed by atoms with E-state index in [1.54, 1.807) is 0 Å². The molecule has 1 N–H and O–H groups in total. The van der Waals surface area contributed by atoms with E-state index in [1.165, 1.54) is 6.07 Å². The quantitative estimate of drug-likeness (QED) is 0.917. The largest absolute Gasteiger partial charge is 0.417 e. The number of carbonyl (C=O) groups is 1. The van der Waals surface area contributed by atoms with E-state index in [0.717, 1.165) is 50.8 Å². The molecule has 24 heavy (non-hydrogen) atoms. The summed E-state index contributed by atoms with van der Waals surface area (Å²) in [7, 11) is 0. The van der Waals surface area contributed by atoms with E-state index in [-0.39, 0.29) is 17.9 Å². The Labute approximate surface area is 139 Å². The summed E-state index contributed by atoms with van der Waals surface area (Å²) in [6.45, 7) is 1.38. The van der Waals surface area contributed by atoms with Gasteiger partial charge in [0, 0.05) is 31.2 Å². The molecule has 1 saturated heterocycles. The van der Waals surface area contributed by atoms with Crippen LogP contribution in [-0.4, -0.2) is 30.0 Å². The van der Waals surface area contributed by atoms with Crippen LogP contribution in [0.3, 0.4) is 0 Å². The first-order valence-electron chi connectivity index (χ1n) is 8.52. The second-order valence-corrected chi connectivity index (χ2v) is 6.65. The Morgan fingerprint density at radius 1 is 1.12 bits per heavy atom. The smallest absolute Gasteiger partial charge is 0.356 e. The number of carbonyl (C=O) groups excluding carboxylic acids is 1. The van der Waals surface area contributed by atoms with Crippen molar-refractivity contribution in [1.82, 2.24) is 10.3 Å². The van der Waals surface area contributed by atoms with Crippen molar-refractivity contribution in [3.05, 3.63) is 23.9 Å². The zero-order valence-electron chi connectivity index (χ0n) is 13.5. The normalized spacial score (nSPS) is 20.4. The molecule has 4 nitrogen and oxygen atoms in total. The van der Waals surface area contributed by atoms with Gasteiger partial charge in [0.05, 0.1) is 5.56 Å². The van der Waals surface area contributed by atoms with Gasteiger partial charge in [-0.15, -0.1) is 0 Å². The molecule has 0 radical (unpaired) electrons. The Kier molecular flexibility index (Phi) is 4.96. The van der Waals surface area contributed by atoms with Crippen molar-refractivity contribution in [1.29, 1.82) is 0 Å². The highest BCUT2D eigenvalue weighted by atomic mass is 19.4. The first-order valence-corrected chi connectivity index (χ1v) is 8.52. The number of pyridine rings is 1. The van der Waals surface area contributed by atoms with Crippen LogP contribution in [0.4, 0.5) is 19.0 Å². The molecule has 1 aliphatic carbocycles. The maximum absolute atomic E-state index is 12.6. The predicted molar refractivity (Wildman–Crippen MR) is 84.6 cm³/mol. The third-order valence-corrected chi connectivity index (χ3v) is 4.97. The summed E-state index contributed by atoms with van der Waals surface area (Å²) in [5.74, 6) is 0.891. The third kappa shape index (κ3) is 3.99. The summed E-state index contributed by atoms with van der Waals surface area (Å²) in [5, 5.41) is 3.13. The minimum Gasteiger partial charge on any atom is -0.356 e. The van der Waals surface area contributed by atoms with Gasteiger partial charge in [-0.3, -0.25) is 4.79 Å². The molecule has 1 aromatic heterocycles. The fraction of sp³-hybridized carbons (Fsp3) is 0.647. The Bertz CT molecular complexity index is 559. The van der Waals surface area contributed by atoms with Gasteiger partial charge in [0.15, 0.2) is 0 Å². The lowest BCUT2D eigenvalue weighted by Crippen LogP contribution is -2.46. The third-order valence-electron chi connectivity index (χ3n) is 4.97. The Morgan fingerprint density at radius 2 is 1.79 bits per heavy atom. The Morgan fingerprint density at radius 3 is 2.33 bits per heavy atom. The number of hydrogen-bond donors (Lipinski definition) is 1. The number of rotatable bonds is 3. The summed E-state index contributed by atoms with van der Waals surface area (Å²) in [4.78, 5) is 18.1. The van der Waals surface area contributed by atoms with Gasteiger partial charge in [-0.2, -0.15) is 13.2 Å². The summed E-state index contributed by atoms with van der Waals surface area (Å²) < 4.78 is 37.7. The molecule has 1 aromatic rings. The van der Waals surface area contributed by atoms with E-state index in [4.69, 9.17) is 0 Å². The standard InChI is InChI=1S/C17H22F3N3O/c18-17(19,20)13-5-6-15(21-11-13)23-9-7-14(8-10-23)22-16(24)12-3-1-2-4-12/h5-6,11-12,14H,1-4,7-10H2,(H,22,24). The lowest BCUT2D eigenvalue weighted by atomic mass is 10.0. The van der Waals surface area contributed by atoms with Gasteiger partial charge in [0.2, 0.25) is 5.91 Å². The Hall–Kier alpha value is -1.79. The van der Waals surface area contributed by atoms with Gasteiger partial charge < -0.3 is 10.2 Å². The maximum Gasteiger partial charge on any atom is 0.417 e. The van der Waals surface area contributed by atoms with Gasteiger partial charge in [-0.25, -0.2) is 4.98 Å². The van der Waals surface area contributed by atoms with Crippen molar-refractivity contribution < 1.29 is 18.0 Å². The van der Waals surface area contributed by atoms with Crippen molar-refractivity contribution in [3.63, 3.8) is 0 Å². The second kappa shape index (κ2) is 6.99. The molecule has 0 spiro atoms. The molecule has 1 amide bonds. The molecule has 2 heterocycles. The minimum atomic E-state index is -4.36. The molecule has 3 rings (SSSR count). The number of piperidine rings is 1. The molecule has 2 aliphatic rings. The average Bonchev–Trinajstić information content (AvgIpc) is 3.09. The minimum absolute atomic E-state index is 0.156. The summed E-state index contributed by atoms with van der Waals surface area (Å²) in [5.41, 5.74) is -0.732. The van der Waals surface area contributed by atoms with Crippen LogP contribution >= 0.6 is 0 Å². The number of hydrogen-bond acceptors (Lipinski definition) is 3. The highest BCUT2D eigenvalue weighted by Gasteiger charge is 2.31. The molecule has 1 saturated carbocycles. The van der Waals surface area contributed by atoms with Gasteiger partial charge >= 0.3 is 6.18 Å². The number of nitrogens with one attached hydrogen (secondary N) is 1. The molecule has 132 valence electrons. The Balaban J connectivity index is 1.50. The molecule has 7 heteroatoms. The van der Waals surface area contributed by atoms with Crippen molar-refractivity contribution in [3.8, 4) is 0 Å². The van der Waals surface area contributed by atoms with E-state index >= 15 is 0 Å². The van der Waals surface area contributed by atoms with E-state index in [2.05, 4.69) is 10.3 Å². The summed E-state index contributed by atoms with van der Waals surface area (Å²) in [6, 6.07) is 2.64. The number of amides is 1. The van der Waals surface area contributed by atoms with Gasteiger partial charge in [-0.05, 0) is 37.8 Å². The van der Waals surface area contributed by atoms with Crippen LogP contribution in [0.2, 0.25) is 0 Å². The zero-order chi connectivity index (χ0) is 17.2. The van der Waals surface area contributed by atoms with Gasteiger partial charge in [-0.1, -0.05) is 12.8 Å². The van der Waals surface area contributed by atoms with Crippen molar-refractivity contribution in [2.75, 3.05) is 18.0 Å². The van der Waals surface area contributed by atoms with Crippen molar-refractivity contribution in [2.24, 2.45) is 5.92 Å². The first-order chi connectivity index (χ1) is 11.4. The molecule has 0 atom stereocenters. The van der Waals surface area contributed by atoms with Crippen LogP contribution in [0.25, 0.3) is 0 Å². The van der Waals surface area contributed by atoms with Gasteiger partial charge in [0.1, 0.15) is 5.82 Å². The number of halogens is 3. The van der Waals surface area contributed by atoms with E-state index < -0.39 is 11.7 Å². The van der Waals surface area contributed by atoms with E-state index in [0.29, 0.717) is 18.9 Å². The lowest BCUT2D eigenvalue weighted by Gasteiger charge is -2.33. The summed E-state index contributed by atoms with van der Waals surface area (Å²) in [6.07, 6.45) is 2.35. The average molecular weight is 341 g/mol. The number of anilines is 1. The van der Waals surface area contributed by atoms with Crippen LogP contribution in [0.5, 0.6) is 0 Å².